The van der Waals surface area contributed by atoms with Crippen molar-refractivity contribution in [2.24, 2.45) is 5.73 Å². The van der Waals surface area contributed by atoms with Crippen molar-refractivity contribution in [3.63, 3.8) is 0 Å². The molecule has 0 bridgehead atoms. The van der Waals surface area contributed by atoms with E-state index in [0.29, 0.717) is 6.42 Å². The van der Waals surface area contributed by atoms with E-state index in [4.69, 9.17) is 15.6 Å². The van der Waals surface area contributed by atoms with Crippen molar-refractivity contribution in [2.75, 3.05) is 0 Å². The van der Waals surface area contributed by atoms with E-state index in [0.717, 1.165) is 0 Å². The third kappa shape index (κ3) is 6.19. The first-order chi connectivity index (χ1) is 8.27. The van der Waals surface area contributed by atoms with Crippen LogP contribution >= 0.6 is 0 Å². The fourth-order valence-electron chi connectivity index (χ4n) is 1.20. The largest absolute Gasteiger partial charge is 0.481 e. The van der Waals surface area contributed by atoms with Crippen LogP contribution in [0.5, 0.6) is 0 Å². The van der Waals surface area contributed by atoms with Crippen LogP contribution in [0.15, 0.2) is 0 Å². The van der Waals surface area contributed by atoms with Gasteiger partial charge in [0.1, 0.15) is 6.04 Å². The molecule has 4 N–H and O–H groups in total. The minimum Gasteiger partial charge on any atom is -0.481 e. The van der Waals surface area contributed by atoms with Gasteiger partial charge < -0.3 is 20.9 Å². The second kappa shape index (κ2) is 7.65. The molecule has 0 aliphatic rings. The minimum absolute atomic E-state index is 0.281. The van der Waals surface area contributed by atoms with Crippen molar-refractivity contribution in [3.8, 4) is 0 Å². The average Bonchev–Trinajstić information content (AvgIpc) is 2.23. The first-order valence-electron chi connectivity index (χ1n) is 5.76. The van der Waals surface area contributed by atoms with E-state index in [1.807, 2.05) is 0 Å². The number of nitrogens with two attached hydrogens (primary N) is 1. The summed E-state index contributed by atoms with van der Waals surface area (Å²) in [4.78, 5) is 33.5. The highest BCUT2D eigenvalue weighted by atomic mass is 16.5. The fraction of sp³-hybridized carbons (Fsp3) is 0.727. The predicted octanol–water partition coefficient (Wildman–Crippen LogP) is -0.365. The Balaban J connectivity index is 4.40. The van der Waals surface area contributed by atoms with Gasteiger partial charge >= 0.3 is 11.9 Å². The van der Waals surface area contributed by atoms with Crippen LogP contribution in [0.25, 0.3) is 0 Å². The van der Waals surface area contributed by atoms with Crippen molar-refractivity contribution in [1.29, 1.82) is 0 Å². The van der Waals surface area contributed by atoms with Crippen LogP contribution < -0.4 is 11.1 Å². The molecule has 18 heavy (non-hydrogen) atoms. The molecule has 0 radical (unpaired) electrons. The number of nitrogens with one attached hydrogen (secondary N) is 1. The van der Waals surface area contributed by atoms with Gasteiger partial charge in [0.25, 0.3) is 0 Å². The van der Waals surface area contributed by atoms with Gasteiger partial charge in [0, 0.05) is 0 Å². The van der Waals surface area contributed by atoms with E-state index in [9.17, 15) is 14.4 Å². The maximum absolute atomic E-state index is 11.6. The van der Waals surface area contributed by atoms with Crippen LogP contribution in [0, 0.1) is 0 Å². The number of carboxylic acid groups (broad SMARTS) is 1. The normalized spacial score (nSPS) is 13.8. The SMILES string of the molecule is CCC(NC(=O)C(N)CC(=O)O)C(=O)OC(C)C. The molecule has 1 amide bonds. The number of esters is 1. The van der Waals surface area contributed by atoms with E-state index in [1.165, 1.54) is 0 Å². The minimum atomic E-state index is -1.18. The van der Waals surface area contributed by atoms with Crippen molar-refractivity contribution < 1.29 is 24.2 Å². The average molecular weight is 260 g/mol. The molecule has 0 spiro atoms. The second-order valence-electron chi connectivity index (χ2n) is 4.16. The van der Waals surface area contributed by atoms with Gasteiger partial charge in [-0.3, -0.25) is 9.59 Å². The predicted molar refractivity (Wildman–Crippen MR) is 63.7 cm³/mol. The summed E-state index contributed by atoms with van der Waals surface area (Å²) in [6.07, 6.45) is -0.422. The van der Waals surface area contributed by atoms with E-state index in [1.54, 1.807) is 20.8 Å². The summed E-state index contributed by atoms with van der Waals surface area (Å²) in [7, 11) is 0. The van der Waals surface area contributed by atoms with E-state index < -0.39 is 36.4 Å². The van der Waals surface area contributed by atoms with Crippen molar-refractivity contribution >= 4 is 17.8 Å². The molecule has 0 heterocycles. The molecule has 0 aliphatic heterocycles. The van der Waals surface area contributed by atoms with Gasteiger partial charge in [0.15, 0.2) is 0 Å². The molecule has 0 saturated heterocycles. The molecule has 0 saturated carbocycles. The Hall–Kier alpha value is -1.63. The van der Waals surface area contributed by atoms with Gasteiger partial charge in [-0.05, 0) is 20.3 Å². The second-order valence-corrected chi connectivity index (χ2v) is 4.16. The highest BCUT2D eigenvalue weighted by molar-refractivity contribution is 5.89. The highest BCUT2D eigenvalue weighted by Crippen LogP contribution is 2.00. The van der Waals surface area contributed by atoms with Gasteiger partial charge in [-0.25, -0.2) is 4.79 Å². The Kier molecular flexibility index (Phi) is 6.96. The smallest absolute Gasteiger partial charge is 0.328 e. The Morgan fingerprint density at radius 1 is 1.33 bits per heavy atom. The zero-order valence-electron chi connectivity index (χ0n) is 10.8. The van der Waals surface area contributed by atoms with Crippen molar-refractivity contribution in [2.45, 2.75) is 51.8 Å². The van der Waals surface area contributed by atoms with Crippen molar-refractivity contribution in [3.05, 3.63) is 0 Å². The molecule has 2 unspecified atom stereocenters. The zero-order chi connectivity index (χ0) is 14.3. The van der Waals surface area contributed by atoms with Gasteiger partial charge in [-0.2, -0.15) is 0 Å². The molecule has 0 fully saturated rings. The quantitative estimate of drug-likeness (QED) is 0.538. The Morgan fingerprint density at radius 3 is 2.28 bits per heavy atom. The molecule has 0 aromatic carbocycles. The molecule has 0 rings (SSSR count). The molecular formula is C11H20N2O5. The van der Waals surface area contributed by atoms with Gasteiger partial charge in [0.2, 0.25) is 5.91 Å². The Labute approximate surface area is 106 Å². The fourth-order valence-corrected chi connectivity index (χ4v) is 1.20. The topological polar surface area (TPSA) is 119 Å². The first kappa shape index (κ1) is 16.4. The van der Waals surface area contributed by atoms with Gasteiger partial charge in [0.05, 0.1) is 18.6 Å². The number of carbonyl (C=O) groups excluding carboxylic acids is 2. The summed E-state index contributed by atoms with van der Waals surface area (Å²) in [5.74, 6) is -2.40. The lowest BCUT2D eigenvalue weighted by molar-refractivity contribution is -0.151. The summed E-state index contributed by atoms with van der Waals surface area (Å²) in [5.41, 5.74) is 5.38. The Morgan fingerprint density at radius 2 is 1.89 bits per heavy atom. The van der Waals surface area contributed by atoms with Crippen LogP contribution in [-0.4, -0.2) is 41.1 Å². The first-order valence-corrected chi connectivity index (χ1v) is 5.76. The van der Waals surface area contributed by atoms with E-state index in [2.05, 4.69) is 5.32 Å². The van der Waals surface area contributed by atoms with Crippen molar-refractivity contribution in [1.82, 2.24) is 5.32 Å². The molecular weight excluding hydrogens is 240 g/mol. The number of carboxylic acids is 1. The summed E-state index contributed by atoms with van der Waals surface area (Å²) in [6, 6.07) is -1.98. The third-order valence-electron chi connectivity index (χ3n) is 2.09. The van der Waals surface area contributed by atoms with Crippen LogP contribution in [0.3, 0.4) is 0 Å². The summed E-state index contributed by atoms with van der Waals surface area (Å²) >= 11 is 0. The number of aliphatic carboxylic acids is 1. The molecule has 0 aromatic heterocycles. The molecule has 2 atom stereocenters. The maximum atomic E-state index is 11.6. The van der Waals surface area contributed by atoms with Crippen LogP contribution in [0.4, 0.5) is 0 Å². The van der Waals surface area contributed by atoms with Crippen LogP contribution in [-0.2, 0) is 19.1 Å². The maximum Gasteiger partial charge on any atom is 0.328 e. The highest BCUT2D eigenvalue weighted by Gasteiger charge is 2.25. The number of amides is 1. The summed E-state index contributed by atoms with van der Waals surface area (Å²) in [5, 5.41) is 10.9. The molecule has 7 heteroatoms. The lowest BCUT2D eigenvalue weighted by Crippen LogP contribution is -2.49. The standard InChI is InChI=1S/C11H20N2O5/c1-4-8(11(17)18-6(2)3)13-10(16)7(12)5-9(14)15/h6-8H,4-5,12H2,1-3H3,(H,13,16)(H,14,15). The van der Waals surface area contributed by atoms with E-state index >= 15 is 0 Å². The Bertz CT molecular complexity index is 317. The molecule has 0 aliphatic carbocycles. The number of hydrogen-bond acceptors (Lipinski definition) is 5. The molecule has 104 valence electrons. The molecule has 0 aromatic rings. The van der Waals surface area contributed by atoms with Crippen LogP contribution in [0.2, 0.25) is 0 Å². The lowest BCUT2D eigenvalue weighted by Gasteiger charge is -2.19. The molecule has 7 nitrogen and oxygen atoms in total. The van der Waals surface area contributed by atoms with E-state index in [-0.39, 0.29) is 6.10 Å². The third-order valence-corrected chi connectivity index (χ3v) is 2.09. The summed E-state index contributed by atoms with van der Waals surface area (Å²) < 4.78 is 4.95. The monoisotopic (exact) mass is 260 g/mol. The van der Waals surface area contributed by atoms with Gasteiger partial charge in [-0.15, -0.1) is 0 Å². The number of carbonyl (C=O) groups is 3. The number of hydrogen-bond donors (Lipinski definition) is 3. The number of rotatable bonds is 7. The lowest BCUT2D eigenvalue weighted by atomic mass is 10.1. The number of ether oxygens (including phenoxy) is 1. The zero-order valence-corrected chi connectivity index (χ0v) is 10.8. The van der Waals surface area contributed by atoms with Gasteiger partial charge in [-0.1, -0.05) is 6.92 Å². The summed E-state index contributed by atoms with van der Waals surface area (Å²) in [6.45, 7) is 5.10. The van der Waals surface area contributed by atoms with Crippen LogP contribution in [0.1, 0.15) is 33.6 Å².